The number of hydrogen-bond acceptors (Lipinski definition) is 4. The first-order chi connectivity index (χ1) is 8.76. The first-order valence-electron chi connectivity index (χ1n) is 5.70. The largest absolute Gasteiger partial charge is 0.463 e. The number of likely N-dealkylation sites (tertiary alicyclic amines) is 1. The lowest BCUT2D eigenvalue weighted by Crippen LogP contribution is -2.55. The highest BCUT2D eigenvalue weighted by Crippen LogP contribution is 2.29. The number of thiazole rings is 1. The van der Waals surface area contributed by atoms with Gasteiger partial charge in [-0.2, -0.15) is 0 Å². The number of fused-ring (bicyclic) bond motifs is 1. The first kappa shape index (κ1) is 11.2. The van der Waals surface area contributed by atoms with Gasteiger partial charge in [0.25, 0.3) is 5.19 Å². The molecule has 4 nitrogen and oxygen atoms in total. The summed E-state index contributed by atoms with van der Waals surface area (Å²) in [5.74, 6) is -0.0425. The molecule has 3 rings (SSSR count). The molecule has 1 saturated heterocycles. The number of carbonyl (C=O) groups excluding carboxylic acids is 1. The summed E-state index contributed by atoms with van der Waals surface area (Å²) in [4.78, 5) is 17.4. The minimum absolute atomic E-state index is 0.0425. The van der Waals surface area contributed by atoms with Gasteiger partial charge in [-0.05, 0) is 18.2 Å². The maximum Gasteiger partial charge on any atom is 0.274 e. The predicted molar refractivity (Wildman–Crippen MR) is 70.8 cm³/mol. The average molecular weight is 260 g/mol. The molecule has 0 radical (unpaired) electrons. The molecule has 0 spiro atoms. The van der Waals surface area contributed by atoms with Crippen molar-refractivity contribution in [2.75, 3.05) is 13.1 Å². The molecule has 0 unspecified atom stereocenters. The van der Waals surface area contributed by atoms with Crippen LogP contribution in [-0.2, 0) is 4.79 Å². The third kappa shape index (κ3) is 1.97. The molecule has 92 valence electrons. The van der Waals surface area contributed by atoms with Gasteiger partial charge in [-0.15, -0.1) is 0 Å². The van der Waals surface area contributed by atoms with Crippen molar-refractivity contribution in [3.8, 4) is 5.19 Å². The third-order valence-corrected chi connectivity index (χ3v) is 3.80. The van der Waals surface area contributed by atoms with Gasteiger partial charge >= 0.3 is 0 Å². The number of ether oxygens (including phenoxy) is 1. The van der Waals surface area contributed by atoms with Crippen LogP contribution in [0.25, 0.3) is 10.2 Å². The fourth-order valence-corrected chi connectivity index (χ4v) is 2.75. The zero-order valence-corrected chi connectivity index (χ0v) is 10.5. The molecule has 0 N–H and O–H groups in total. The number of hydrogen-bond donors (Lipinski definition) is 0. The molecule has 0 bridgehead atoms. The number of rotatable bonds is 3. The molecule has 18 heavy (non-hydrogen) atoms. The molecule has 1 aromatic carbocycles. The van der Waals surface area contributed by atoms with Gasteiger partial charge in [-0.1, -0.05) is 30.0 Å². The molecular weight excluding hydrogens is 248 g/mol. The lowest BCUT2D eigenvalue weighted by molar-refractivity contribution is -0.134. The Balaban J connectivity index is 1.64. The number of benzene rings is 1. The van der Waals surface area contributed by atoms with Gasteiger partial charge in [-0.3, -0.25) is 4.79 Å². The van der Waals surface area contributed by atoms with Gasteiger partial charge in [0.2, 0.25) is 5.91 Å². The Morgan fingerprint density at radius 1 is 1.50 bits per heavy atom. The predicted octanol–water partition coefficient (Wildman–Crippen LogP) is 2.07. The van der Waals surface area contributed by atoms with Gasteiger partial charge in [-0.25, -0.2) is 4.98 Å². The van der Waals surface area contributed by atoms with Gasteiger partial charge in [0.15, 0.2) is 0 Å². The van der Waals surface area contributed by atoms with Crippen LogP contribution in [0.1, 0.15) is 0 Å². The maximum absolute atomic E-state index is 11.3. The molecule has 5 heteroatoms. The number of carbonyl (C=O) groups is 1. The Morgan fingerprint density at radius 2 is 2.28 bits per heavy atom. The summed E-state index contributed by atoms with van der Waals surface area (Å²) in [5.41, 5.74) is 0.954. The van der Waals surface area contributed by atoms with E-state index in [0.29, 0.717) is 18.3 Å². The molecule has 1 fully saturated rings. The van der Waals surface area contributed by atoms with E-state index in [4.69, 9.17) is 4.74 Å². The van der Waals surface area contributed by atoms with Crippen LogP contribution in [0.15, 0.2) is 36.9 Å². The third-order valence-electron chi connectivity index (χ3n) is 2.88. The summed E-state index contributed by atoms with van der Waals surface area (Å²) in [5, 5.41) is 0.673. The van der Waals surface area contributed by atoms with Crippen molar-refractivity contribution in [2.45, 2.75) is 6.10 Å². The van der Waals surface area contributed by atoms with Crippen LogP contribution in [0.2, 0.25) is 0 Å². The lowest BCUT2D eigenvalue weighted by atomic mass is 10.1. The van der Waals surface area contributed by atoms with Crippen LogP contribution in [-0.4, -0.2) is 35.0 Å². The van der Waals surface area contributed by atoms with Crippen molar-refractivity contribution in [1.82, 2.24) is 9.88 Å². The van der Waals surface area contributed by atoms with Crippen molar-refractivity contribution in [3.63, 3.8) is 0 Å². The van der Waals surface area contributed by atoms with E-state index in [9.17, 15) is 4.79 Å². The van der Waals surface area contributed by atoms with Gasteiger partial charge < -0.3 is 9.64 Å². The summed E-state index contributed by atoms with van der Waals surface area (Å²) in [6.07, 6.45) is 1.38. The molecule has 1 aliphatic heterocycles. The van der Waals surface area contributed by atoms with E-state index in [1.54, 1.807) is 4.90 Å². The highest BCUT2D eigenvalue weighted by Gasteiger charge is 2.31. The average Bonchev–Trinajstić information content (AvgIpc) is 2.74. The van der Waals surface area contributed by atoms with Crippen molar-refractivity contribution in [3.05, 3.63) is 36.9 Å². The minimum Gasteiger partial charge on any atom is -0.463 e. The SMILES string of the molecule is C=CC(=O)N1CC(Oc2nc3ccccc3s2)C1. The standard InChI is InChI=1S/C13H12N2O2S/c1-2-12(16)15-7-9(8-15)17-13-14-10-5-3-4-6-11(10)18-13/h2-6,9H,1,7-8H2. The Labute approximate surface area is 109 Å². The Kier molecular flexibility index (Phi) is 2.76. The second kappa shape index (κ2) is 4.42. The maximum atomic E-state index is 11.3. The number of aromatic nitrogens is 1. The van der Waals surface area contributed by atoms with Crippen molar-refractivity contribution in [2.24, 2.45) is 0 Å². The van der Waals surface area contributed by atoms with E-state index in [1.807, 2.05) is 24.3 Å². The summed E-state index contributed by atoms with van der Waals surface area (Å²) < 4.78 is 6.86. The molecule has 2 aromatic rings. The summed E-state index contributed by atoms with van der Waals surface area (Å²) >= 11 is 1.53. The van der Waals surface area contributed by atoms with Gasteiger partial charge in [0.1, 0.15) is 6.10 Å². The summed E-state index contributed by atoms with van der Waals surface area (Å²) in [6, 6.07) is 7.93. The van der Waals surface area contributed by atoms with E-state index in [-0.39, 0.29) is 12.0 Å². The smallest absolute Gasteiger partial charge is 0.274 e. The van der Waals surface area contributed by atoms with Gasteiger partial charge in [0.05, 0.1) is 23.3 Å². The highest BCUT2D eigenvalue weighted by atomic mass is 32.1. The molecule has 0 aliphatic carbocycles. The minimum atomic E-state index is -0.0425. The van der Waals surface area contributed by atoms with E-state index in [2.05, 4.69) is 11.6 Å². The topological polar surface area (TPSA) is 42.4 Å². The van der Waals surface area contributed by atoms with Crippen LogP contribution in [0.3, 0.4) is 0 Å². The molecule has 0 atom stereocenters. The van der Waals surface area contributed by atoms with Crippen LogP contribution < -0.4 is 4.74 Å². The van der Waals surface area contributed by atoms with E-state index in [0.717, 1.165) is 10.2 Å². The quantitative estimate of drug-likeness (QED) is 0.793. The second-order valence-electron chi connectivity index (χ2n) is 4.13. The molecule has 2 heterocycles. The molecule has 1 amide bonds. The fraction of sp³-hybridized carbons (Fsp3) is 0.231. The van der Waals surface area contributed by atoms with E-state index >= 15 is 0 Å². The van der Waals surface area contributed by atoms with Crippen molar-refractivity contribution >= 4 is 27.5 Å². The van der Waals surface area contributed by atoms with Crippen LogP contribution in [0.5, 0.6) is 5.19 Å². The van der Waals surface area contributed by atoms with Crippen molar-refractivity contribution in [1.29, 1.82) is 0 Å². The number of nitrogens with zero attached hydrogens (tertiary/aromatic N) is 2. The Bertz CT molecular complexity index is 569. The van der Waals surface area contributed by atoms with Crippen LogP contribution >= 0.6 is 11.3 Å². The van der Waals surface area contributed by atoms with Gasteiger partial charge in [0, 0.05) is 0 Å². The molecule has 0 saturated carbocycles. The zero-order valence-electron chi connectivity index (χ0n) is 9.70. The van der Waals surface area contributed by atoms with Crippen LogP contribution in [0, 0.1) is 0 Å². The monoisotopic (exact) mass is 260 g/mol. The molecule has 1 aromatic heterocycles. The zero-order chi connectivity index (χ0) is 12.5. The molecule has 1 aliphatic rings. The normalized spacial score (nSPS) is 15.4. The Hall–Kier alpha value is -1.88. The lowest BCUT2D eigenvalue weighted by Gasteiger charge is -2.37. The highest BCUT2D eigenvalue weighted by molar-refractivity contribution is 7.20. The van der Waals surface area contributed by atoms with E-state index < -0.39 is 0 Å². The molecular formula is C13H12N2O2S. The second-order valence-corrected chi connectivity index (χ2v) is 5.13. The summed E-state index contributed by atoms with van der Waals surface area (Å²) in [7, 11) is 0. The van der Waals surface area contributed by atoms with Crippen LogP contribution in [0.4, 0.5) is 0 Å². The number of para-hydroxylation sites is 1. The van der Waals surface area contributed by atoms with Crippen molar-refractivity contribution < 1.29 is 9.53 Å². The number of amides is 1. The summed E-state index contributed by atoms with van der Waals surface area (Å²) in [6.45, 7) is 4.68. The van der Waals surface area contributed by atoms with E-state index in [1.165, 1.54) is 17.4 Å². The first-order valence-corrected chi connectivity index (χ1v) is 6.51. The Morgan fingerprint density at radius 3 is 3.00 bits per heavy atom. The fourth-order valence-electron chi connectivity index (χ4n) is 1.87.